The molecule has 180 valence electrons. The van der Waals surface area contributed by atoms with Crippen LogP contribution in [0.3, 0.4) is 0 Å². The zero-order chi connectivity index (χ0) is 25.2. The van der Waals surface area contributed by atoms with Crippen LogP contribution in [0.15, 0.2) is 51.6 Å². The lowest BCUT2D eigenvalue weighted by molar-refractivity contribution is -0.140. The van der Waals surface area contributed by atoms with Crippen molar-refractivity contribution in [1.82, 2.24) is 4.98 Å². The maximum Gasteiger partial charge on any atom is 0.419 e. The highest BCUT2D eigenvalue weighted by molar-refractivity contribution is 8.03. The number of alkyl halides is 3. The van der Waals surface area contributed by atoms with Crippen molar-refractivity contribution < 1.29 is 27.5 Å². The first-order valence-corrected chi connectivity index (χ1v) is 12.6. The van der Waals surface area contributed by atoms with E-state index < -0.39 is 23.5 Å². The van der Waals surface area contributed by atoms with Gasteiger partial charge < -0.3 is 5.11 Å². The average Bonchev–Trinajstić information content (AvgIpc) is 3.10. The van der Waals surface area contributed by atoms with Gasteiger partial charge in [-0.2, -0.15) is 13.2 Å². The van der Waals surface area contributed by atoms with Crippen molar-refractivity contribution in [1.29, 1.82) is 0 Å². The molecule has 1 N–H and O–H groups in total. The van der Waals surface area contributed by atoms with Crippen LogP contribution in [0.1, 0.15) is 33.7 Å². The topological polar surface area (TPSA) is 50.2 Å². The van der Waals surface area contributed by atoms with Crippen molar-refractivity contribution in [2.75, 3.05) is 0 Å². The minimum absolute atomic E-state index is 0.102. The van der Waals surface area contributed by atoms with E-state index in [-0.39, 0.29) is 6.42 Å². The molecule has 34 heavy (non-hydrogen) atoms. The second kappa shape index (κ2) is 10.5. The Hall–Kier alpha value is -2.30. The van der Waals surface area contributed by atoms with E-state index in [1.54, 1.807) is 11.8 Å². The quantitative estimate of drug-likeness (QED) is 0.236. The largest absolute Gasteiger partial charge is 0.481 e. The summed E-state index contributed by atoms with van der Waals surface area (Å²) < 4.78 is 52.5. The van der Waals surface area contributed by atoms with Gasteiger partial charge in [-0.3, -0.25) is 4.79 Å². The molecule has 0 unspecified atom stereocenters. The number of carbonyl (C=O) groups is 1. The van der Waals surface area contributed by atoms with Gasteiger partial charge in [0.05, 0.1) is 17.7 Å². The molecular formula is C24H21F4NO2S3. The monoisotopic (exact) mass is 527 g/mol. The molecule has 0 saturated heterocycles. The SMILES string of the molecule is C=C(CC(=O)O)Sc1ccc(SCc2sc(-c3ccc(C(F)(F)F)c(F)c3)nc2C)c(C)c1C. The molecule has 0 aliphatic rings. The van der Waals surface area contributed by atoms with Gasteiger partial charge in [0.1, 0.15) is 10.8 Å². The number of thioether (sulfide) groups is 2. The minimum atomic E-state index is -4.74. The minimum Gasteiger partial charge on any atom is -0.481 e. The maximum absolute atomic E-state index is 14.0. The molecule has 1 heterocycles. The van der Waals surface area contributed by atoms with E-state index in [1.165, 1.54) is 29.2 Å². The summed E-state index contributed by atoms with van der Waals surface area (Å²) in [4.78, 5) is 18.8. The van der Waals surface area contributed by atoms with Crippen LogP contribution in [-0.2, 0) is 16.7 Å². The molecule has 2 aromatic carbocycles. The maximum atomic E-state index is 14.0. The third-order valence-electron chi connectivity index (χ3n) is 5.06. The van der Waals surface area contributed by atoms with E-state index in [4.69, 9.17) is 5.11 Å². The number of halogens is 4. The van der Waals surface area contributed by atoms with E-state index in [0.29, 0.717) is 21.2 Å². The molecule has 0 aliphatic carbocycles. The van der Waals surface area contributed by atoms with Gasteiger partial charge in [-0.05, 0) is 61.1 Å². The van der Waals surface area contributed by atoms with E-state index in [9.17, 15) is 22.4 Å². The second-order valence-electron chi connectivity index (χ2n) is 7.53. The fraction of sp³-hybridized carbons (Fsp3) is 0.250. The summed E-state index contributed by atoms with van der Waals surface area (Å²) in [6.45, 7) is 9.61. The van der Waals surface area contributed by atoms with Gasteiger partial charge in [0.25, 0.3) is 0 Å². The van der Waals surface area contributed by atoms with Crippen molar-refractivity contribution >= 4 is 40.8 Å². The van der Waals surface area contributed by atoms with Crippen LogP contribution in [0, 0.1) is 26.6 Å². The number of hydrogen-bond donors (Lipinski definition) is 1. The lowest BCUT2D eigenvalue weighted by atomic mass is 10.1. The van der Waals surface area contributed by atoms with Crippen LogP contribution in [0.4, 0.5) is 17.6 Å². The Balaban J connectivity index is 1.75. The molecule has 0 radical (unpaired) electrons. The Morgan fingerprint density at radius 2 is 1.76 bits per heavy atom. The van der Waals surface area contributed by atoms with Crippen molar-refractivity contribution in [2.24, 2.45) is 0 Å². The van der Waals surface area contributed by atoms with Gasteiger partial charge in [-0.25, -0.2) is 9.37 Å². The highest BCUT2D eigenvalue weighted by atomic mass is 32.2. The fourth-order valence-electron chi connectivity index (χ4n) is 3.10. The first-order valence-electron chi connectivity index (χ1n) is 10.0. The summed E-state index contributed by atoms with van der Waals surface area (Å²) in [7, 11) is 0. The Morgan fingerprint density at radius 1 is 1.12 bits per heavy atom. The van der Waals surface area contributed by atoms with Crippen LogP contribution >= 0.6 is 34.9 Å². The zero-order valence-electron chi connectivity index (χ0n) is 18.5. The molecule has 10 heteroatoms. The molecule has 3 rings (SSSR count). The Kier molecular flexibility index (Phi) is 8.15. The third-order valence-corrected chi connectivity index (χ3v) is 8.73. The number of benzene rings is 2. The number of rotatable bonds is 8. The number of nitrogens with zero attached hydrogens (tertiary/aromatic N) is 1. The number of aryl methyl sites for hydroxylation is 1. The van der Waals surface area contributed by atoms with Crippen LogP contribution < -0.4 is 0 Å². The molecule has 3 nitrogen and oxygen atoms in total. The fourth-order valence-corrected chi connectivity index (χ4v) is 6.35. The number of thiazole rings is 1. The molecule has 0 fully saturated rings. The van der Waals surface area contributed by atoms with Gasteiger partial charge in [0, 0.05) is 26.0 Å². The first kappa shape index (κ1) is 26.3. The van der Waals surface area contributed by atoms with Crippen molar-refractivity contribution in [3.05, 3.63) is 74.9 Å². The molecular weight excluding hydrogens is 506 g/mol. The molecule has 0 bridgehead atoms. The predicted octanol–water partition coefficient (Wildman–Crippen LogP) is 8.27. The molecule has 0 aliphatic heterocycles. The number of aliphatic carboxylic acids is 1. The summed E-state index contributed by atoms with van der Waals surface area (Å²) in [6.07, 6.45) is -4.84. The summed E-state index contributed by atoms with van der Waals surface area (Å²) in [5.74, 6) is -1.63. The smallest absolute Gasteiger partial charge is 0.419 e. The molecule has 1 aromatic heterocycles. The van der Waals surface area contributed by atoms with Crippen LogP contribution in [0.25, 0.3) is 10.6 Å². The third kappa shape index (κ3) is 6.22. The van der Waals surface area contributed by atoms with Crippen LogP contribution in [0.5, 0.6) is 0 Å². The van der Waals surface area contributed by atoms with Gasteiger partial charge >= 0.3 is 12.1 Å². The summed E-state index contributed by atoms with van der Waals surface area (Å²) in [6, 6.07) is 6.78. The summed E-state index contributed by atoms with van der Waals surface area (Å²) in [5, 5.41) is 9.39. The van der Waals surface area contributed by atoms with Crippen molar-refractivity contribution in [3.63, 3.8) is 0 Å². The van der Waals surface area contributed by atoms with Crippen LogP contribution in [0.2, 0.25) is 0 Å². The lowest BCUT2D eigenvalue weighted by Crippen LogP contribution is -2.07. The van der Waals surface area contributed by atoms with Gasteiger partial charge in [-0.1, -0.05) is 24.4 Å². The standard InChI is InChI=1S/C24H21F4NO2S3/c1-12(9-22(30)31)33-20-8-7-19(13(2)14(20)3)32-11-21-15(4)29-23(34-21)16-5-6-17(18(25)10-16)24(26,27)28/h5-8,10H,1,9,11H2,2-4H3,(H,30,31). The first-order chi connectivity index (χ1) is 15.9. The molecule has 3 aromatic rings. The molecule has 0 atom stereocenters. The highest BCUT2D eigenvalue weighted by Crippen LogP contribution is 2.39. The Morgan fingerprint density at radius 3 is 2.38 bits per heavy atom. The van der Waals surface area contributed by atoms with E-state index in [0.717, 1.165) is 43.6 Å². The Labute approximate surface area is 207 Å². The Bertz CT molecular complexity index is 1250. The summed E-state index contributed by atoms with van der Waals surface area (Å²) >= 11 is 4.29. The van der Waals surface area contributed by atoms with Crippen molar-refractivity contribution in [2.45, 2.75) is 48.9 Å². The zero-order valence-corrected chi connectivity index (χ0v) is 21.0. The lowest BCUT2D eigenvalue weighted by Gasteiger charge is -2.13. The molecule has 0 spiro atoms. The second-order valence-corrected chi connectivity index (χ2v) is 10.9. The highest BCUT2D eigenvalue weighted by Gasteiger charge is 2.34. The van der Waals surface area contributed by atoms with Crippen molar-refractivity contribution in [3.8, 4) is 10.6 Å². The number of hydrogen-bond acceptors (Lipinski definition) is 5. The normalized spacial score (nSPS) is 11.6. The van der Waals surface area contributed by atoms with E-state index in [1.807, 2.05) is 32.9 Å². The summed E-state index contributed by atoms with van der Waals surface area (Å²) in [5.41, 5.74) is 1.89. The van der Waals surface area contributed by atoms with Gasteiger partial charge in [0.2, 0.25) is 0 Å². The van der Waals surface area contributed by atoms with Gasteiger partial charge in [0.15, 0.2) is 0 Å². The van der Waals surface area contributed by atoms with E-state index in [2.05, 4.69) is 11.6 Å². The molecule has 0 saturated carbocycles. The molecule has 0 amide bonds. The van der Waals surface area contributed by atoms with E-state index >= 15 is 0 Å². The average molecular weight is 528 g/mol. The number of carboxylic acid groups (broad SMARTS) is 1. The van der Waals surface area contributed by atoms with Gasteiger partial charge in [-0.15, -0.1) is 23.1 Å². The predicted molar refractivity (Wildman–Crippen MR) is 130 cm³/mol. The number of aromatic nitrogens is 1. The number of carboxylic acids is 1. The van der Waals surface area contributed by atoms with Crippen LogP contribution in [-0.4, -0.2) is 16.1 Å².